The normalized spacial score (nSPS) is 18.6. The Hall–Kier alpha value is -1.27. The van der Waals surface area contributed by atoms with Crippen molar-refractivity contribution in [1.29, 1.82) is 0 Å². The minimum absolute atomic E-state index is 0.155. The molecule has 0 aromatic carbocycles. The zero-order chi connectivity index (χ0) is 13.8. The van der Waals surface area contributed by atoms with Crippen LogP contribution in [0.15, 0.2) is 6.33 Å². The zero-order valence-electron chi connectivity index (χ0n) is 11.5. The van der Waals surface area contributed by atoms with Gasteiger partial charge in [-0.15, -0.1) is 0 Å². The molecule has 19 heavy (non-hydrogen) atoms. The van der Waals surface area contributed by atoms with Crippen LogP contribution in [-0.2, 0) is 6.42 Å². The molecule has 0 aliphatic carbocycles. The number of aliphatic hydroxyl groups is 1. The SMILES string of the molecule is CCc1ncnc(N2CCN([C@@H](C)CO)CC2)c1F. The topological polar surface area (TPSA) is 52.5 Å². The van der Waals surface area contributed by atoms with E-state index in [1.54, 1.807) is 0 Å². The number of aryl methyl sites for hydroxylation is 1. The average Bonchev–Trinajstić information content (AvgIpc) is 2.47. The van der Waals surface area contributed by atoms with Crippen molar-refractivity contribution in [2.75, 3.05) is 37.7 Å². The van der Waals surface area contributed by atoms with Crippen molar-refractivity contribution in [2.24, 2.45) is 0 Å². The first-order chi connectivity index (χ1) is 9.17. The molecule has 2 rings (SSSR count). The van der Waals surface area contributed by atoms with Gasteiger partial charge in [0.25, 0.3) is 0 Å². The maximum absolute atomic E-state index is 14.2. The second-order valence-electron chi connectivity index (χ2n) is 4.87. The van der Waals surface area contributed by atoms with Crippen LogP contribution >= 0.6 is 0 Å². The summed E-state index contributed by atoms with van der Waals surface area (Å²) in [5, 5.41) is 9.15. The molecule has 2 heterocycles. The second kappa shape index (κ2) is 6.25. The van der Waals surface area contributed by atoms with E-state index in [-0.39, 0.29) is 18.5 Å². The van der Waals surface area contributed by atoms with Gasteiger partial charge in [0, 0.05) is 32.2 Å². The molecule has 5 nitrogen and oxygen atoms in total. The molecular formula is C13H21FN4O. The van der Waals surface area contributed by atoms with E-state index in [9.17, 15) is 4.39 Å². The maximum atomic E-state index is 14.2. The lowest BCUT2D eigenvalue weighted by molar-refractivity contribution is 0.128. The summed E-state index contributed by atoms with van der Waals surface area (Å²) in [6.45, 7) is 7.11. The van der Waals surface area contributed by atoms with Crippen LogP contribution in [0.25, 0.3) is 0 Å². The smallest absolute Gasteiger partial charge is 0.187 e. The predicted molar refractivity (Wildman–Crippen MR) is 71.7 cm³/mol. The molecule has 0 saturated carbocycles. The molecule has 0 bridgehead atoms. The fourth-order valence-electron chi connectivity index (χ4n) is 2.35. The number of hydrogen-bond donors (Lipinski definition) is 1. The minimum atomic E-state index is -0.298. The molecule has 106 valence electrons. The van der Waals surface area contributed by atoms with Crippen molar-refractivity contribution >= 4 is 5.82 Å². The van der Waals surface area contributed by atoms with Gasteiger partial charge in [-0.1, -0.05) is 6.92 Å². The Labute approximate surface area is 113 Å². The van der Waals surface area contributed by atoms with E-state index in [0.29, 0.717) is 17.9 Å². The zero-order valence-corrected chi connectivity index (χ0v) is 11.5. The number of rotatable bonds is 4. The highest BCUT2D eigenvalue weighted by molar-refractivity contribution is 5.41. The van der Waals surface area contributed by atoms with Gasteiger partial charge in [-0.05, 0) is 13.3 Å². The quantitative estimate of drug-likeness (QED) is 0.870. The van der Waals surface area contributed by atoms with Crippen LogP contribution in [0.3, 0.4) is 0 Å². The number of aromatic nitrogens is 2. The Morgan fingerprint density at radius 3 is 2.58 bits per heavy atom. The summed E-state index contributed by atoms with van der Waals surface area (Å²) >= 11 is 0. The van der Waals surface area contributed by atoms with E-state index in [1.807, 2.05) is 18.7 Å². The number of piperazine rings is 1. The van der Waals surface area contributed by atoms with Gasteiger partial charge in [-0.25, -0.2) is 14.4 Å². The molecule has 0 radical (unpaired) electrons. The first-order valence-corrected chi connectivity index (χ1v) is 6.76. The van der Waals surface area contributed by atoms with Crippen LogP contribution in [0.4, 0.5) is 10.2 Å². The predicted octanol–water partition coefficient (Wildman–Crippen LogP) is 0.681. The van der Waals surface area contributed by atoms with Gasteiger partial charge in [0.1, 0.15) is 6.33 Å². The van der Waals surface area contributed by atoms with Crippen LogP contribution in [0, 0.1) is 5.82 Å². The summed E-state index contributed by atoms with van der Waals surface area (Å²) < 4.78 is 14.2. The monoisotopic (exact) mass is 268 g/mol. The van der Waals surface area contributed by atoms with E-state index in [1.165, 1.54) is 6.33 Å². The Balaban J connectivity index is 2.06. The first-order valence-electron chi connectivity index (χ1n) is 6.76. The summed E-state index contributed by atoms with van der Waals surface area (Å²) in [5.74, 6) is 0.108. The van der Waals surface area contributed by atoms with Gasteiger partial charge < -0.3 is 10.0 Å². The summed E-state index contributed by atoms with van der Waals surface area (Å²) in [7, 11) is 0. The lowest BCUT2D eigenvalue weighted by Gasteiger charge is -2.38. The standard InChI is InChI=1S/C13H21FN4O/c1-3-11-12(14)13(16-9-15-11)18-6-4-17(5-7-18)10(2)8-19/h9-10,19H,3-8H2,1-2H3/t10-/m0/s1. The van der Waals surface area contributed by atoms with Crippen molar-refractivity contribution in [1.82, 2.24) is 14.9 Å². The number of hydrogen-bond acceptors (Lipinski definition) is 5. The van der Waals surface area contributed by atoms with Gasteiger partial charge in [0.05, 0.1) is 12.3 Å². The largest absolute Gasteiger partial charge is 0.395 e. The summed E-state index contributed by atoms with van der Waals surface area (Å²) in [6, 6.07) is 0.156. The number of nitrogens with zero attached hydrogens (tertiary/aromatic N) is 4. The lowest BCUT2D eigenvalue weighted by Crippen LogP contribution is -2.51. The van der Waals surface area contributed by atoms with Crippen molar-refractivity contribution in [2.45, 2.75) is 26.3 Å². The van der Waals surface area contributed by atoms with Crippen LogP contribution < -0.4 is 4.90 Å². The van der Waals surface area contributed by atoms with Gasteiger partial charge in [-0.3, -0.25) is 4.90 Å². The molecular weight excluding hydrogens is 247 g/mol. The molecule has 1 aromatic heterocycles. The Bertz CT molecular complexity index is 421. The van der Waals surface area contributed by atoms with Gasteiger partial charge in [-0.2, -0.15) is 0 Å². The maximum Gasteiger partial charge on any atom is 0.187 e. The summed E-state index contributed by atoms with van der Waals surface area (Å²) in [6.07, 6.45) is 2.00. The fraction of sp³-hybridized carbons (Fsp3) is 0.692. The third kappa shape index (κ3) is 3.01. The average molecular weight is 268 g/mol. The van der Waals surface area contributed by atoms with E-state index in [4.69, 9.17) is 5.11 Å². The van der Waals surface area contributed by atoms with E-state index in [0.717, 1.165) is 26.2 Å². The molecule has 1 atom stereocenters. The molecule has 1 fully saturated rings. The molecule has 1 aliphatic rings. The molecule has 0 spiro atoms. The first kappa shape index (κ1) is 14.1. The highest BCUT2D eigenvalue weighted by Gasteiger charge is 2.24. The molecule has 1 aromatic rings. The number of anilines is 1. The van der Waals surface area contributed by atoms with Crippen molar-refractivity contribution in [3.63, 3.8) is 0 Å². The van der Waals surface area contributed by atoms with Crippen LogP contribution in [0.1, 0.15) is 19.5 Å². The third-order valence-corrected chi connectivity index (χ3v) is 3.68. The number of aliphatic hydroxyl groups excluding tert-OH is 1. The number of halogens is 1. The summed E-state index contributed by atoms with van der Waals surface area (Å²) in [5.41, 5.74) is 0.469. The van der Waals surface area contributed by atoms with Gasteiger partial charge in [0.2, 0.25) is 0 Å². The Morgan fingerprint density at radius 2 is 2.00 bits per heavy atom. The van der Waals surface area contributed by atoms with Gasteiger partial charge in [0.15, 0.2) is 11.6 Å². The van der Waals surface area contributed by atoms with E-state index < -0.39 is 0 Å². The fourth-order valence-corrected chi connectivity index (χ4v) is 2.35. The van der Waals surface area contributed by atoms with E-state index in [2.05, 4.69) is 14.9 Å². The minimum Gasteiger partial charge on any atom is -0.395 e. The Kier molecular flexibility index (Phi) is 4.66. The molecule has 1 aliphatic heterocycles. The highest BCUT2D eigenvalue weighted by atomic mass is 19.1. The lowest BCUT2D eigenvalue weighted by atomic mass is 10.2. The molecule has 1 N–H and O–H groups in total. The third-order valence-electron chi connectivity index (χ3n) is 3.68. The summed E-state index contributed by atoms with van der Waals surface area (Å²) in [4.78, 5) is 12.2. The molecule has 1 saturated heterocycles. The van der Waals surface area contributed by atoms with E-state index >= 15 is 0 Å². The molecule has 6 heteroatoms. The highest BCUT2D eigenvalue weighted by Crippen LogP contribution is 2.20. The Morgan fingerprint density at radius 1 is 1.32 bits per heavy atom. The van der Waals surface area contributed by atoms with Crippen molar-refractivity contribution in [3.05, 3.63) is 17.8 Å². The van der Waals surface area contributed by atoms with Crippen molar-refractivity contribution < 1.29 is 9.50 Å². The van der Waals surface area contributed by atoms with Crippen molar-refractivity contribution in [3.8, 4) is 0 Å². The van der Waals surface area contributed by atoms with Crippen LogP contribution in [0.5, 0.6) is 0 Å². The van der Waals surface area contributed by atoms with Crippen LogP contribution in [0.2, 0.25) is 0 Å². The second-order valence-corrected chi connectivity index (χ2v) is 4.87. The molecule has 0 amide bonds. The van der Waals surface area contributed by atoms with Gasteiger partial charge >= 0.3 is 0 Å². The van der Waals surface area contributed by atoms with Crippen LogP contribution in [-0.4, -0.2) is 58.8 Å². The molecule has 0 unspecified atom stereocenters.